The highest BCUT2D eigenvalue weighted by atomic mass is 16.5. The van der Waals surface area contributed by atoms with Gasteiger partial charge in [0.1, 0.15) is 17.2 Å². The molecule has 1 N–H and O–H groups in total. The predicted octanol–water partition coefficient (Wildman–Crippen LogP) is 4.80. The van der Waals surface area contributed by atoms with Crippen LogP contribution in [0.25, 0.3) is 5.57 Å². The number of para-hydroxylation sites is 2. The first-order valence-electron chi connectivity index (χ1n) is 10.4. The average Bonchev–Trinajstić information content (AvgIpc) is 3.04. The van der Waals surface area contributed by atoms with E-state index in [1.54, 1.807) is 48.5 Å². The topological polar surface area (TPSA) is 67.9 Å². The van der Waals surface area contributed by atoms with Gasteiger partial charge < -0.3 is 14.8 Å². The minimum Gasteiger partial charge on any atom is -0.495 e. The number of methoxy groups -OCH3 is 1. The van der Waals surface area contributed by atoms with E-state index >= 15 is 0 Å². The Bertz CT molecular complexity index is 1200. The largest absolute Gasteiger partial charge is 0.495 e. The number of benzene rings is 3. The van der Waals surface area contributed by atoms with Crippen LogP contribution in [0.4, 0.5) is 11.4 Å². The molecule has 2 amide bonds. The number of nitrogens with zero attached hydrogens (tertiary/aromatic N) is 1. The molecule has 162 valence electrons. The molecule has 0 radical (unpaired) electrons. The fourth-order valence-corrected chi connectivity index (χ4v) is 3.70. The summed E-state index contributed by atoms with van der Waals surface area (Å²) >= 11 is 0. The Morgan fingerprint density at radius 1 is 0.906 bits per heavy atom. The van der Waals surface area contributed by atoms with Gasteiger partial charge in [0.25, 0.3) is 11.8 Å². The van der Waals surface area contributed by atoms with E-state index in [2.05, 4.69) is 5.32 Å². The minimum absolute atomic E-state index is 0.218. The van der Waals surface area contributed by atoms with Crippen LogP contribution in [-0.2, 0) is 9.59 Å². The number of amides is 2. The molecule has 6 nitrogen and oxygen atoms in total. The summed E-state index contributed by atoms with van der Waals surface area (Å²) in [6, 6.07) is 21.8. The van der Waals surface area contributed by atoms with E-state index in [4.69, 9.17) is 9.47 Å². The second-order valence-electron chi connectivity index (χ2n) is 7.32. The number of carbonyl (C=O) groups excluding carboxylic acids is 2. The van der Waals surface area contributed by atoms with E-state index in [0.717, 1.165) is 16.2 Å². The molecule has 32 heavy (non-hydrogen) atoms. The van der Waals surface area contributed by atoms with Crippen LogP contribution in [0.2, 0.25) is 0 Å². The first kappa shape index (κ1) is 21.2. The summed E-state index contributed by atoms with van der Waals surface area (Å²) in [7, 11) is 1.51. The van der Waals surface area contributed by atoms with Crippen molar-refractivity contribution in [1.82, 2.24) is 0 Å². The second kappa shape index (κ2) is 8.98. The van der Waals surface area contributed by atoms with Gasteiger partial charge in [0.05, 0.1) is 25.0 Å². The summed E-state index contributed by atoms with van der Waals surface area (Å²) < 4.78 is 10.9. The molecule has 0 unspecified atom stereocenters. The van der Waals surface area contributed by atoms with Gasteiger partial charge in [0.15, 0.2) is 0 Å². The summed E-state index contributed by atoms with van der Waals surface area (Å²) in [5.74, 6) is 0.282. The van der Waals surface area contributed by atoms with Crippen molar-refractivity contribution >= 4 is 28.8 Å². The summed E-state index contributed by atoms with van der Waals surface area (Å²) in [6.45, 7) is 4.42. The zero-order valence-corrected chi connectivity index (χ0v) is 18.2. The standard InChI is InChI=1S/C26H24N2O4/c1-4-32-20-14-12-18(13-15-20)23-24(27-19-9-7-8-17(2)16-19)26(30)28(25(23)29)21-10-5-6-11-22(21)31-3/h5-16,27H,4H2,1-3H3. The van der Waals surface area contributed by atoms with E-state index in [1.165, 1.54) is 7.11 Å². The first-order valence-corrected chi connectivity index (χ1v) is 10.4. The monoisotopic (exact) mass is 428 g/mol. The highest BCUT2D eigenvalue weighted by Gasteiger charge is 2.41. The molecule has 0 atom stereocenters. The normalized spacial score (nSPS) is 13.5. The third-order valence-electron chi connectivity index (χ3n) is 5.15. The van der Waals surface area contributed by atoms with Gasteiger partial charge in [0, 0.05) is 5.69 Å². The Balaban J connectivity index is 1.82. The van der Waals surface area contributed by atoms with Gasteiger partial charge in [-0.05, 0) is 61.4 Å². The van der Waals surface area contributed by atoms with Crippen molar-refractivity contribution in [3.05, 3.63) is 89.6 Å². The predicted molar refractivity (Wildman–Crippen MR) is 125 cm³/mol. The third-order valence-corrected chi connectivity index (χ3v) is 5.15. The molecule has 0 spiro atoms. The lowest BCUT2D eigenvalue weighted by atomic mass is 10.0. The van der Waals surface area contributed by atoms with Crippen LogP contribution >= 0.6 is 0 Å². The van der Waals surface area contributed by atoms with Crippen LogP contribution in [0.1, 0.15) is 18.1 Å². The Labute approximate surface area is 187 Å². The maximum absolute atomic E-state index is 13.6. The van der Waals surface area contributed by atoms with E-state index in [-0.39, 0.29) is 5.70 Å². The van der Waals surface area contributed by atoms with Gasteiger partial charge >= 0.3 is 0 Å². The highest BCUT2D eigenvalue weighted by molar-refractivity contribution is 6.46. The zero-order valence-electron chi connectivity index (χ0n) is 18.2. The van der Waals surface area contributed by atoms with Crippen LogP contribution in [0.15, 0.2) is 78.5 Å². The van der Waals surface area contributed by atoms with Gasteiger partial charge in [-0.1, -0.05) is 36.4 Å². The number of hydrogen-bond donors (Lipinski definition) is 1. The SMILES string of the molecule is CCOc1ccc(C2=C(Nc3cccc(C)c3)C(=O)N(c3ccccc3OC)C2=O)cc1. The van der Waals surface area contributed by atoms with Gasteiger partial charge in [-0.3, -0.25) is 9.59 Å². The number of nitrogens with one attached hydrogen (secondary N) is 1. The van der Waals surface area contributed by atoms with E-state index in [9.17, 15) is 9.59 Å². The van der Waals surface area contributed by atoms with Crippen molar-refractivity contribution < 1.29 is 19.1 Å². The van der Waals surface area contributed by atoms with E-state index < -0.39 is 11.8 Å². The molecule has 4 rings (SSSR count). The fraction of sp³-hybridized carbons (Fsp3) is 0.154. The molecular formula is C26H24N2O4. The molecule has 0 bridgehead atoms. The molecule has 1 heterocycles. The van der Waals surface area contributed by atoms with Gasteiger partial charge in [-0.15, -0.1) is 0 Å². The van der Waals surface area contributed by atoms with Gasteiger partial charge in [-0.25, -0.2) is 4.90 Å². The lowest BCUT2D eigenvalue weighted by Gasteiger charge is -2.18. The van der Waals surface area contributed by atoms with E-state index in [1.807, 2.05) is 38.1 Å². The molecule has 6 heteroatoms. The quantitative estimate of drug-likeness (QED) is 0.548. The van der Waals surface area contributed by atoms with Crippen LogP contribution < -0.4 is 19.7 Å². The minimum atomic E-state index is -0.440. The van der Waals surface area contributed by atoms with Crippen LogP contribution in [0.5, 0.6) is 11.5 Å². The summed E-state index contributed by atoms with van der Waals surface area (Å²) in [5.41, 5.74) is 3.30. The Morgan fingerprint density at radius 2 is 1.66 bits per heavy atom. The summed E-state index contributed by atoms with van der Waals surface area (Å²) in [6.07, 6.45) is 0. The molecule has 0 saturated heterocycles. The van der Waals surface area contributed by atoms with Crippen LogP contribution in [-0.4, -0.2) is 25.5 Å². The van der Waals surface area contributed by atoms with Crippen molar-refractivity contribution in [2.24, 2.45) is 0 Å². The zero-order chi connectivity index (χ0) is 22.7. The van der Waals surface area contributed by atoms with E-state index in [0.29, 0.717) is 34.9 Å². The lowest BCUT2D eigenvalue weighted by Crippen LogP contribution is -2.32. The molecule has 0 aromatic heterocycles. The lowest BCUT2D eigenvalue weighted by molar-refractivity contribution is -0.120. The Kier molecular flexibility index (Phi) is 5.94. The smallest absolute Gasteiger partial charge is 0.282 e. The van der Waals surface area contributed by atoms with Crippen LogP contribution in [0.3, 0.4) is 0 Å². The van der Waals surface area contributed by atoms with Gasteiger partial charge in [0.2, 0.25) is 0 Å². The van der Waals surface area contributed by atoms with Gasteiger partial charge in [-0.2, -0.15) is 0 Å². The van der Waals surface area contributed by atoms with Crippen molar-refractivity contribution in [2.75, 3.05) is 23.9 Å². The summed E-state index contributed by atoms with van der Waals surface area (Å²) in [4.78, 5) is 28.3. The Morgan fingerprint density at radius 3 is 2.34 bits per heavy atom. The molecule has 3 aromatic rings. The maximum atomic E-state index is 13.6. The number of hydrogen-bond acceptors (Lipinski definition) is 5. The molecule has 0 saturated carbocycles. The maximum Gasteiger partial charge on any atom is 0.282 e. The van der Waals surface area contributed by atoms with Crippen molar-refractivity contribution in [1.29, 1.82) is 0 Å². The molecule has 1 aliphatic rings. The van der Waals surface area contributed by atoms with Crippen molar-refractivity contribution in [3.63, 3.8) is 0 Å². The number of ether oxygens (including phenoxy) is 2. The molecule has 3 aromatic carbocycles. The number of carbonyl (C=O) groups is 2. The second-order valence-corrected chi connectivity index (χ2v) is 7.32. The molecule has 1 aliphatic heterocycles. The number of rotatable bonds is 7. The highest BCUT2D eigenvalue weighted by Crippen LogP contribution is 2.38. The van der Waals surface area contributed by atoms with Crippen molar-refractivity contribution in [2.45, 2.75) is 13.8 Å². The molecule has 0 aliphatic carbocycles. The fourth-order valence-electron chi connectivity index (χ4n) is 3.70. The third kappa shape index (κ3) is 3.95. The summed E-state index contributed by atoms with van der Waals surface area (Å²) in [5, 5.41) is 3.18. The number of aryl methyl sites for hydroxylation is 1. The number of anilines is 2. The number of imide groups is 1. The average molecular weight is 428 g/mol. The molecule has 0 fully saturated rings. The first-order chi connectivity index (χ1) is 15.5. The van der Waals surface area contributed by atoms with Crippen molar-refractivity contribution in [3.8, 4) is 11.5 Å². The Hall–Kier alpha value is -4.06. The van der Waals surface area contributed by atoms with Crippen LogP contribution in [0, 0.1) is 6.92 Å². The molecular weight excluding hydrogens is 404 g/mol.